The summed E-state index contributed by atoms with van der Waals surface area (Å²) in [6, 6.07) is 10.1. The fourth-order valence-corrected chi connectivity index (χ4v) is 3.25. The Kier molecular flexibility index (Phi) is 6.34. The lowest BCUT2D eigenvalue weighted by molar-refractivity contribution is 0.200. The minimum Gasteiger partial charge on any atom is -0.385 e. The Morgan fingerprint density at radius 3 is 2.56 bits per heavy atom. The molecular formula is C13H20O2S. The van der Waals surface area contributed by atoms with Crippen LogP contribution in [0, 0.1) is 0 Å². The highest BCUT2D eigenvalue weighted by Gasteiger charge is 2.15. The molecule has 0 aliphatic heterocycles. The van der Waals surface area contributed by atoms with E-state index in [1.165, 1.54) is 5.56 Å². The first-order valence-corrected chi connectivity index (χ1v) is 7.08. The fourth-order valence-electron chi connectivity index (χ4n) is 1.73. The number of benzene rings is 1. The third kappa shape index (κ3) is 4.06. The van der Waals surface area contributed by atoms with Gasteiger partial charge in [0.25, 0.3) is 0 Å². The summed E-state index contributed by atoms with van der Waals surface area (Å²) in [4.78, 5) is 0. The molecule has 1 aromatic carbocycles. The molecule has 2 atom stereocenters. The van der Waals surface area contributed by atoms with E-state index in [0.717, 1.165) is 18.6 Å². The van der Waals surface area contributed by atoms with E-state index >= 15 is 0 Å². The lowest BCUT2D eigenvalue weighted by Gasteiger charge is -2.14. The number of ether oxygens (including phenoxy) is 1. The first-order chi connectivity index (χ1) is 7.79. The van der Waals surface area contributed by atoms with Crippen molar-refractivity contribution in [3.05, 3.63) is 35.9 Å². The molecule has 0 saturated carbocycles. The number of rotatable bonds is 7. The van der Waals surface area contributed by atoms with Gasteiger partial charge in [-0.25, -0.2) is 0 Å². The van der Waals surface area contributed by atoms with E-state index in [1.807, 2.05) is 18.2 Å². The number of methoxy groups -OCH3 is 1. The molecule has 0 aliphatic carbocycles. The average Bonchev–Trinajstić information content (AvgIpc) is 2.32. The molecule has 0 N–H and O–H groups in total. The number of hydrogen-bond acceptors (Lipinski definition) is 2. The van der Waals surface area contributed by atoms with Gasteiger partial charge in [-0.2, -0.15) is 0 Å². The molecule has 2 nitrogen and oxygen atoms in total. The van der Waals surface area contributed by atoms with E-state index in [0.29, 0.717) is 6.61 Å². The summed E-state index contributed by atoms with van der Waals surface area (Å²) < 4.78 is 17.1. The largest absolute Gasteiger partial charge is 0.385 e. The van der Waals surface area contributed by atoms with Gasteiger partial charge in [-0.1, -0.05) is 37.3 Å². The van der Waals surface area contributed by atoms with Gasteiger partial charge in [0.05, 0.1) is 5.25 Å². The van der Waals surface area contributed by atoms with Crippen LogP contribution < -0.4 is 0 Å². The molecule has 1 aromatic rings. The second-order valence-corrected chi connectivity index (χ2v) is 5.48. The van der Waals surface area contributed by atoms with Crippen molar-refractivity contribution in [2.75, 3.05) is 19.5 Å². The summed E-state index contributed by atoms with van der Waals surface area (Å²) in [5, 5.41) is 0.165. The number of hydrogen-bond donors (Lipinski definition) is 0. The van der Waals surface area contributed by atoms with E-state index < -0.39 is 10.8 Å². The summed E-state index contributed by atoms with van der Waals surface area (Å²) >= 11 is 0. The van der Waals surface area contributed by atoms with Crippen molar-refractivity contribution in [1.82, 2.24) is 0 Å². The lowest BCUT2D eigenvalue weighted by Crippen LogP contribution is -2.10. The van der Waals surface area contributed by atoms with Crippen molar-refractivity contribution in [3.8, 4) is 0 Å². The average molecular weight is 240 g/mol. The first kappa shape index (κ1) is 13.4. The minimum absolute atomic E-state index is 0.165. The van der Waals surface area contributed by atoms with Crippen LogP contribution in [0.4, 0.5) is 0 Å². The lowest BCUT2D eigenvalue weighted by atomic mass is 10.1. The van der Waals surface area contributed by atoms with Crippen molar-refractivity contribution in [3.63, 3.8) is 0 Å². The van der Waals surface area contributed by atoms with Crippen LogP contribution in [0.15, 0.2) is 30.3 Å². The summed E-state index contributed by atoms with van der Waals surface area (Å²) in [6.45, 7) is 2.78. The van der Waals surface area contributed by atoms with E-state index in [9.17, 15) is 4.21 Å². The highest BCUT2D eigenvalue weighted by atomic mass is 32.2. The van der Waals surface area contributed by atoms with Crippen molar-refractivity contribution >= 4 is 10.8 Å². The second-order valence-electron chi connectivity index (χ2n) is 3.74. The minimum atomic E-state index is -0.790. The zero-order valence-corrected chi connectivity index (χ0v) is 10.8. The molecule has 0 saturated heterocycles. The topological polar surface area (TPSA) is 26.3 Å². The van der Waals surface area contributed by atoms with Gasteiger partial charge in [0, 0.05) is 30.3 Å². The van der Waals surface area contributed by atoms with Crippen LogP contribution >= 0.6 is 0 Å². The van der Waals surface area contributed by atoms with Gasteiger partial charge in [0.2, 0.25) is 0 Å². The summed E-state index contributed by atoms with van der Waals surface area (Å²) in [6.07, 6.45) is 1.79. The second kappa shape index (κ2) is 7.58. The Morgan fingerprint density at radius 2 is 2.00 bits per heavy atom. The summed E-state index contributed by atoms with van der Waals surface area (Å²) in [5.41, 5.74) is 1.18. The molecule has 3 heteroatoms. The van der Waals surface area contributed by atoms with Crippen LogP contribution in [0.5, 0.6) is 0 Å². The van der Waals surface area contributed by atoms with Crippen LogP contribution in [-0.2, 0) is 15.5 Å². The van der Waals surface area contributed by atoms with E-state index in [2.05, 4.69) is 19.1 Å². The maximum atomic E-state index is 12.1. The van der Waals surface area contributed by atoms with Crippen molar-refractivity contribution in [1.29, 1.82) is 0 Å². The first-order valence-electron chi connectivity index (χ1n) is 5.70. The SMILES string of the molecule is CC[C@@H](c1ccccc1)[S@@](=O)CCCOC. The Bertz CT molecular complexity index is 311. The Labute approximate surface area is 100 Å². The molecule has 0 unspecified atom stereocenters. The molecular weight excluding hydrogens is 220 g/mol. The monoisotopic (exact) mass is 240 g/mol. The standard InChI is InChI=1S/C13H20O2S/c1-3-13(12-8-5-4-6-9-12)16(14)11-7-10-15-2/h4-6,8-9,13H,3,7,10-11H2,1-2H3/t13-,16-/m0/s1. The molecule has 0 radical (unpaired) electrons. The Hall–Kier alpha value is -0.670. The fraction of sp³-hybridized carbons (Fsp3) is 0.538. The summed E-state index contributed by atoms with van der Waals surface area (Å²) in [5.74, 6) is 0.723. The van der Waals surface area contributed by atoms with E-state index in [-0.39, 0.29) is 5.25 Å². The van der Waals surface area contributed by atoms with Gasteiger partial charge in [-0.05, 0) is 18.4 Å². The smallest absolute Gasteiger partial charge is 0.0594 e. The summed E-state index contributed by atoms with van der Waals surface area (Å²) in [7, 11) is 0.888. The Morgan fingerprint density at radius 1 is 1.31 bits per heavy atom. The third-order valence-corrected chi connectivity index (χ3v) is 4.48. The van der Waals surface area contributed by atoms with Gasteiger partial charge in [-0.3, -0.25) is 4.21 Å². The van der Waals surface area contributed by atoms with E-state index in [4.69, 9.17) is 4.74 Å². The van der Waals surface area contributed by atoms with Gasteiger partial charge in [-0.15, -0.1) is 0 Å². The van der Waals surface area contributed by atoms with Gasteiger partial charge in [0.15, 0.2) is 0 Å². The molecule has 0 aliphatic rings. The predicted molar refractivity (Wildman–Crippen MR) is 69.0 cm³/mol. The van der Waals surface area contributed by atoms with Gasteiger partial charge < -0.3 is 4.74 Å². The normalized spacial score (nSPS) is 14.6. The van der Waals surface area contributed by atoms with Crippen LogP contribution in [0.2, 0.25) is 0 Å². The van der Waals surface area contributed by atoms with E-state index in [1.54, 1.807) is 7.11 Å². The molecule has 0 heterocycles. The van der Waals surface area contributed by atoms with Crippen molar-refractivity contribution in [2.24, 2.45) is 0 Å². The highest BCUT2D eigenvalue weighted by molar-refractivity contribution is 7.85. The van der Waals surface area contributed by atoms with Gasteiger partial charge in [0.1, 0.15) is 0 Å². The molecule has 0 spiro atoms. The Balaban J connectivity index is 2.57. The molecule has 0 fully saturated rings. The zero-order valence-electron chi connectivity index (χ0n) is 10.0. The zero-order chi connectivity index (χ0) is 11.8. The maximum Gasteiger partial charge on any atom is 0.0594 e. The maximum absolute atomic E-state index is 12.1. The van der Waals surface area contributed by atoms with Crippen LogP contribution in [0.3, 0.4) is 0 Å². The molecule has 1 rings (SSSR count). The molecule has 0 aromatic heterocycles. The predicted octanol–water partition coefficient (Wildman–Crippen LogP) is 2.92. The molecule has 16 heavy (non-hydrogen) atoms. The van der Waals surface area contributed by atoms with Crippen molar-refractivity contribution in [2.45, 2.75) is 25.0 Å². The van der Waals surface area contributed by atoms with Crippen LogP contribution in [0.25, 0.3) is 0 Å². The molecule has 0 amide bonds. The molecule has 90 valence electrons. The third-order valence-electron chi connectivity index (χ3n) is 2.55. The van der Waals surface area contributed by atoms with Gasteiger partial charge >= 0.3 is 0 Å². The van der Waals surface area contributed by atoms with Crippen LogP contribution in [-0.4, -0.2) is 23.7 Å². The highest BCUT2D eigenvalue weighted by Crippen LogP contribution is 2.23. The van der Waals surface area contributed by atoms with Crippen molar-refractivity contribution < 1.29 is 8.95 Å². The van der Waals surface area contributed by atoms with Crippen LogP contribution in [0.1, 0.15) is 30.6 Å². The quantitative estimate of drug-likeness (QED) is 0.685. The molecule has 0 bridgehead atoms.